The van der Waals surface area contributed by atoms with Gasteiger partial charge in [-0.15, -0.1) is 0 Å². The molecular formula is C14H33N3O. The van der Waals surface area contributed by atoms with Crippen LogP contribution in [-0.2, 0) is 4.74 Å². The van der Waals surface area contributed by atoms with Gasteiger partial charge in [0.25, 0.3) is 0 Å². The fourth-order valence-corrected chi connectivity index (χ4v) is 3.01. The highest BCUT2D eigenvalue weighted by Gasteiger charge is 2.39. The lowest BCUT2D eigenvalue weighted by atomic mass is 9.79. The first-order valence-electron chi connectivity index (χ1n) is 7.21. The fraction of sp³-hybridized carbons (Fsp3) is 1.00. The van der Waals surface area contributed by atoms with Gasteiger partial charge in [0.15, 0.2) is 0 Å². The van der Waals surface area contributed by atoms with Gasteiger partial charge >= 0.3 is 0 Å². The maximum absolute atomic E-state index is 5.84. The van der Waals surface area contributed by atoms with Gasteiger partial charge in [-0.1, -0.05) is 27.7 Å². The molecule has 0 fully saturated rings. The van der Waals surface area contributed by atoms with E-state index in [2.05, 4.69) is 44.9 Å². The first kappa shape index (κ1) is 17.8. The summed E-state index contributed by atoms with van der Waals surface area (Å²) in [5.41, 5.74) is 3.14. The second-order valence-corrected chi connectivity index (χ2v) is 5.29. The number of methoxy groups -OCH3 is 1. The minimum atomic E-state index is 0.0887. The second kappa shape index (κ2) is 8.86. The van der Waals surface area contributed by atoms with Crippen molar-refractivity contribution in [2.75, 3.05) is 26.8 Å². The Kier molecular flexibility index (Phi) is 8.78. The molecule has 0 aliphatic carbocycles. The largest absolute Gasteiger partial charge is 0.385 e. The first-order valence-corrected chi connectivity index (χ1v) is 7.21. The normalized spacial score (nSPS) is 18.7. The number of nitrogens with one attached hydrogen (secondary N) is 1. The van der Waals surface area contributed by atoms with E-state index in [1.165, 1.54) is 0 Å². The zero-order valence-electron chi connectivity index (χ0n) is 13.1. The van der Waals surface area contributed by atoms with Crippen LogP contribution in [0.1, 0.15) is 47.5 Å². The van der Waals surface area contributed by atoms with Crippen LogP contribution in [-0.4, -0.2) is 43.3 Å². The third kappa shape index (κ3) is 4.19. The van der Waals surface area contributed by atoms with E-state index in [-0.39, 0.29) is 11.6 Å². The summed E-state index contributed by atoms with van der Waals surface area (Å²) in [6.07, 6.45) is 2.11. The van der Waals surface area contributed by atoms with Crippen molar-refractivity contribution in [2.24, 2.45) is 11.8 Å². The Morgan fingerprint density at radius 1 is 1.28 bits per heavy atom. The minimum absolute atomic E-state index is 0.0887. The molecule has 3 unspecified atom stereocenters. The van der Waals surface area contributed by atoms with E-state index in [4.69, 9.17) is 10.6 Å². The fourth-order valence-electron chi connectivity index (χ4n) is 3.01. The summed E-state index contributed by atoms with van der Waals surface area (Å²) in [7, 11) is 1.75. The molecule has 0 aromatic rings. The van der Waals surface area contributed by atoms with Gasteiger partial charge in [0.05, 0.1) is 0 Å². The molecule has 0 aliphatic heterocycles. The topological polar surface area (TPSA) is 50.5 Å². The lowest BCUT2D eigenvalue weighted by Crippen LogP contribution is -2.63. The van der Waals surface area contributed by atoms with Crippen molar-refractivity contribution in [3.05, 3.63) is 0 Å². The van der Waals surface area contributed by atoms with Gasteiger partial charge in [0.1, 0.15) is 0 Å². The van der Waals surface area contributed by atoms with Crippen LogP contribution < -0.4 is 11.3 Å². The van der Waals surface area contributed by atoms with Crippen LogP contribution in [0.3, 0.4) is 0 Å². The molecule has 0 saturated carbocycles. The van der Waals surface area contributed by atoms with Crippen LogP contribution in [0.2, 0.25) is 0 Å². The number of likely N-dealkylation sites (N-methyl/N-ethyl adjacent to an activating group) is 1. The van der Waals surface area contributed by atoms with Crippen molar-refractivity contribution in [1.82, 2.24) is 10.3 Å². The van der Waals surface area contributed by atoms with Crippen LogP contribution >= 0.6 is 0 Å². The van der Waals surface area contributed by atoms with E-state index in [9.17, 15) is 0 Å². The number of nitrogens with zero attached hydrogens (tertiary/aromatic N) is 1. The molecule has 0 aliphatic rings. The van der Waals surface area contributed by atoms with E-state index in [1.807, 2.05) is 0 Å². The number of hydrogen-bond acceptors (Lipinski definition) is 4. The van der Waals surface area contributed by atoms with Crippen LogP contribution in [0.5, 0.6) is 0 Å². The van der Waals surface area contributed by atoms with Gasteiger partial charge in [-0.3, -0.25) is 16.2 Å². The highest BCUT2D eigenvalue weighted by atomic mass is 16.5. The van der Waals surface area contributed by atoms with Crippen LogP contribution in [0, 0.1) is 5.92 Å². The number of hydrazine groups is 1. The maximum atomic E-state index is 5.84. The Morgan fingerprint density at radius 3 is 2.17 bits per heavy atom. The molecule has 0 spiro atoms. The average molecular weight is 259 g/mol. The van der Waals surface area contributed by atoms with Gasteiger partial charge in [-0.05, 0) is 38.8 Å². The third-order valence-electron chi connectivity index (χ3n) is 4.40. The van der Waals surface area contributed by atoms with Crippen molar-refractivity contribution in [1.29, 1.82) is 0 Å². The quantitative estimate of drug-likeness (QED) is 0.465. The molecule has 0 heterocycles. The monoisotopic (exact) mass is 259 g/mol. The maximum Gasteiger partial charge on any atom is 0.0465 e. The molecule has 0 aromatic heterocycles. The molecule has 3 atom stereocenters. The van der Waals surface area contributed by atoms with Crippen molar-refractivity contribution in [2.45, 2.75) is 59.0 Å². The second-order valence-electron chi connectivity index (χ2n) is 5.29. The summed E-state index contributed by atoms with van der Waals surface area (Å²) in [6, 6.07) is 0.276. The predicted molar refractivity (Wildman–Crippen MR) is 78.4 cm³/mol. The van der Waals surface area contributed by atoms with Gasteiger partial charge in [-0.25, -0.2) is 0 Å². The first-order chi connectivity index (χ1) is 8.51. The van der Waals surface area contributed by atoms with Gasteiger partial charge in [0.2, 0.25) is 0 Å². The van der Waals surface area contributed by atoms with Gasteiger partial charge in [-0.2, -0.15) is 0 Å². The van der Waals surface area contributed by atoms with Crippen LogP contribution in [0.15, 0.2) is 0 Å². The van der Waals surface area contributed by atoms with E-state index < -0.39 is 0 Å². The average Bonchev–Trinajstić information content (AvgIpc) is 2.38. The highest BCUT2D eigenvalue weighted by molar-refractivity contribution is 4.97. The summed E-state index contributed by atoms with van der Waals surface area (Å²) < 4.78 is 5.18. The SMILES string of the molecule is CCN(CC)C(C)(CC)C(NN)C(C)CCOC. The molecule has 18 heavy (non-hydrogen) atoms. The molecule has 0 aromatic carbocycles. The molecule has 0 bridgehead atoms. The Hall–Kier alpha value is -0.160. The predicted octanol–water partition coefficient (Wildman–Crippen LogP) is 2.00. The molecular weight excluding hydrogens is 226 g/mol. The van der Waals surface area contributed by atoms with Crippen LogP contribution in [0.4, 0.5) is 0 Å². The smallest absolute Gasteiger partial charge is 0.0465 e. The summed E-state index contributed by atoms with van der Waals surface area (Å²) in [6.45, 7) is 14.1. The Morgan fingerprint density at radius 2 is 1.83 bits per heavy atom. The number of nitrogens with two attached hydrogens (primary N) is 1. The molecule has 0 amide bonds. The molecule has 3 N–H and O–H groups in total. The lowest BCUT2D eigenvalue weighted by Gasteiger charge is -2.47. The summed E-state index contributed by atoms with van der Waals surface area (Å²) in [5, 5.41) is 0. The standard InChI is InChI=1S/C14H33N3O/c1-7-14(5,17(8-2)9-3)13(16-15)12(4)10-11-18-6/h12-13,16H,7-11,15H2,1-6H3. The van der Waals surface area contributed by atoms with Gasteiger partial charge in [0, 0.05) is 25.3 Å². The zero-order valence-corrected chi connectivity index (χ0v) is 13.1. The molecule has 4 heteroatoms. The third-order valence-corrected chi connectivity index (χ3v) is 4.40. The van der Waals surface area contributed by atoms with E-state index >= 15 is 0 Å². The zero-order chi connectivity index (χ0) is 14.2. The molecule has 0 rings (SSSR count). The summed E-state index contributed by atoms with van der Waals surface area (Å²) in [4.78, 5) is 2.50. The van der Waals surface area contributed by atoms with Crippen LogP contribution in [0.25, 0.3) is 0 Å². The number of rotatable bonds is 10. The molecule has 4 nitrogen and oxygen atoms in total. The van der Waals surface area contributed by atoms with Crippen molar-refractivity contribution in [3.63, 3.8) is 0 Å². The van der Waals surface area contributed by atoms with E-state index in [0.29, 0.717) is 5.92 Å². The Balaban J connectivity index is 4.93. The highest BCUT2D eigenvalue weighted by Crippen LogP contribution is 2.29. The summed E-state index contributed by atoms with van der Waals surface area (Å²) >= 11 is 0. The van der Waals surface area contributed by atoms with Crippen molar-refractivity contribution >= 4 is 0 Å². The van der Waals surface area contributed by atoms with E-state index in [0.717, 1.165) is 32.5 Å². The molecule has 0 radical (unpaired) electrons. The summed E-state index contributed by atoms with van der Waals surface area (Å²) in [5.74, 6) is 6.32. The van der Waals surface area contributed by atoms with Crippen molar-refractivity contribution < 1.29 is 4.74 Å². The van der Waals surface area contributed by atoms with Gasteiger partial charge < -0.3 is 4.74 Å². The Bertz CT molecular complexity index is 209. The lowest BCUT2D eigenvalue weighted by molar-refractivity contribution is 0.0409. The van der Waals surface area contributed by atoms with Crippen molar-refractivity contribution in [3.8, 4) is 0 Å². The minimum Gasteiger partial charge on any atom is -0.385 e. The number of ether oxygens (including phenoxy) is 1. The molecule has 110 valence electrons. The number of hydrogen-bond donors (Lipinski definition) is 2. The van der Waals surface area contributed by atoms with E-state index in [1.54, 1.807) is 7.11 Å². The Labute approximate surface area is 113 Å². The molecule has 0 saturated heterocycles.